The van der Waals surface area contributed by atoms with E-state index in [1.54, 1.807) is 11.3 Å². The first-order chi connectivity index (χ1) is 9.20. The molecule has 102 valence electrons. The van der Waals surface area contributed by atoms with Crippen LogP contribution in [0, 0.1) is 0 Å². The summed E-state index contributed by atoms with van der Waals surface area (Å²) in [6.45, 7) is 5.15. The summed E-state index contributed by atoms with van der Waals surface area (Å²) in [6.07, 6.45) is 5.76. The maximum atomic E-state index is 4.54. The molecule has 1 aliphatic heterocycles. The van der Waals surface area contributed by atoms with Crippen LogP contribution in [-0.2, 0) is 6.54 Å². The second-order valence-corrected chi connectivity index (χ2v) is 6.76. The molecule has 0 atom stereocenters. The fourth-order valence-electron chi connectivity index (χ4n) is 2.10. The molecule has 0 spiro atoms. The van der Waals surface area contributed by atoms with Crippen molar-refractivity contribution in [1.82, 2.24) is 19.7 Å². The van der Waals surface area contributed by atoms with Crippen molar-refractivity contribution in [3.8, 4) is 0 Å². The number of nitrogens with zero attached hydrogens (tertiary/aromatic N) is 5. The minimum atomic E-state index is 0.789. The number of hydrogen-bond donors (Lipinski definition) is 0. The van der Waals surface area contributed by atoms with E-state index in [0.29, 0.717) is 0 Å². The molecule has 1 fully saturated rings. The van der Waals surface area contributed by atoms with E-state index in [9.17, 15) is 0 Å². The number of likely N-dealkylation sites (N-methyl/N-ethyl adjacent to an activating group) is 1. The van der Waals surface area contributed by atoms with Crippen LogP contribution in [0.1, 0.15) is 4.88 Å². The first-order valence-electron chi connectivity index (χ1n) is 6.27. The normalized spacial score (nSPS) is 17.1. The van der Waals surface area contributed by atoms with Gasteiger partial charge in [-0.05, 0) is 23.0 Å². The summed E-state index contributed by atoms with van der Waals surface area (Å²) in [7, 11) is 2.17. The number of thiazole rings is 1. The highest BCUT2D eigenvalue weighted by atomic mass is 79.9. The molecule has 2 aromatic heterocycles. The molecule has 19 heavy (non-hydrogen) atoms. The van der Waals surface area contributed by atoms with Gasteiger partial charge < -0.3 is 9.80 Å². The van der Waals surface area contributed by atoms with Crippen LogP contribution in [0.15, 0.2) is 23.1 Å². The molecule has 2 aromatic rings. The monoisotopic (exact) mass is 341 g/mol. The lowest BCUT2D eigenvalue weighted by molar-refractivity contribution is 0.313. The molecule has 0 unspecified atom stereocenters. The van der Waals surface area contributed by atoms with Gasteiger partial charge in [-0.3, -0.25) is 4.68 Å². The molecule has 0 aromatic carbocycles. The molecule has 3 rings (SSSR count). The molecule has 7 heteroatoms. The Bertz CT molecular complexity index is 544. The molecule has 0 amide bonds. The van der Waals surface area contributed by atoms with Gasteiger partial charge in [0.15, 0.2) is 5.13 Å². The summed E-state index contributed by atoms with van der Waals surface area (Å²) in [4.78, 5) is 10.5. The topological polar surface area (TPSA) is 37.2 Å². The molecule has 0 radical (unpaired) electrons. The highest BCUT2D eigenvalue weighted by Gasteiger charge is 2.17. The number of aromatic nitrogens is 3. The predicted octanol–water partition coefficient (Wildman–Crippen LogP) is 1.90. The quantitative estimate of drug-likeness (QED) is 0.854. The second-order valence-electron chi connectivity index (χ2n) is 4.76. The Morgan fingerprint density at radius 3 is 2.74 bits per heavy atom. The number of halogens is 1. The van der Waals surface area contributed by atoms with Crippen LogP contribution in [0.3, 0.4) is 0 Å². The van der Waals surface area contributed by atoms with E-state index in [4.69, 9.17) is 0 Å². The SMILES string of the molecule is CN1CCN(c2ncc(Cn3cc(Br)cn3)s2)CC1. The Hall–Kier alpha value is -0.920. The average Bonchev–Trinajstić information content (AvgIpc) is 3.00. The predicted molar refractivity (Wildman–Crippen MR) is 80.9 cm³/mol. The van der Waals surface area contributed by atoms with E-state index in [0.717, 1.165) is 42.3 Å². The van der Waals surface area contributed by atoms with Gasteiger partial charge in [0.25, 0.3) is 0 Å². The lowest BCUT2D eigenvalue weighted by Gasteiger charge is -2.32. The summed E-state index contributed by atoms with van der Waals surface area (Å²) in [5.41, 5.74) is 0. The Kier molecular flexibility index (Phi) is 3.86. The van der Waals surface area contributed by atoms with Crippen LogP contribution in [-0.4, -0.2) is 52.9 Å². The van der Waals surface area contributed by atoms with Crippen LogP contribution in [0.25, 0.3) is 0 Å². The zero-order valence-electron chi connectivity index (χ0n) is 10.8. The van der Waals surface area contributed by atoms with E-state index >= 15 is 0 Å². The number of rotatable bonds is 3. The first-order valence-corrected chi connectivity index (χ1v) is 7.88. The van der Waals surface area contributed by atoms with E-state index in [1.807, 2.05) is 23.3 Å². The van der Waals surface area contributed by atoms with Gasteiger partial charge >= 0.3 is 0 Å². The largest absolute Gasteiger partial charge is 0.346 e. The van der Waals surface area contributed by atoms with Gasteiger partial charge in [-0.15, -0.1) is 0 Å². The Morgan fingerprint density at radius 2 is 2.05 bits per heavy atom. The molecule has 1 aliphatic rings. The van der Waals surface area contributed by atoms with Crippen molar-refractivity contribution in [1.29, 1.82) is 0 Å². The van der Waals surface area contributed by atoms with Gasteiger partial charge in [-0.25, -0.2) is 4.98 Å². The van der Waals surface area contributed by atoms with Crippen molar-refractivity contribution >= 4 is 32.4 Å². The summed E-state index contributed by atoms with van der Waals surface area (Å²) >= 11 is 5.18. The van der Waals surface area contributed by atoms with Crippen LogP contribution in [0.2, 0.25) is 0 Å². The fourth-order valence-corrected chi connectivity index (χ4v) is 3.38. The molecule has 0 aliphatic carbocycles. The van der Waals surface area contributed by atoms with Crippen molar-refractivity contribution in [3.63, 3.8) is 0 Å². The van der Waals surface area contributed by atoms with E-state index < -0.39 is 0 Å². The van der Waals surface area contributed by atoms with Gasteiger partial charge in [-0.1, -0.05) is 11.3 Å². The van der Waals surface area contributed by atoms with Crippen molar-refractivity contribution in [2.45, 2.75) is 6.54 Å². The molecule has 3 heterocycles. The molecular formula is C12H16BrN5S. The number of piperazine rings is 1. The molecule has 5 nitrogen and oxygen atoms in total. The third-order valence-corrected chi connectivity index (χ3v) is 4.69. The summed E-state index contributed by atoms with van der Waals surface area (Å²) in [6, 6.07) is 0. The molecule has 1 saturated heterocycles. The maximum absolute atomic E-state index is 4.54. The van der Waals surface area contributed by atoms with Crippen molar-refractivity contribution in [2.24, 2.45) is 0 Å². The molecule has 0 N–H and O–H groups in total. The van der Waals surface area contributed by atoms with Crippen molar-refractivity contribution in [3.05, 3.63) is 27.9 Å². The Labute approximate surface area is 125 Å². The maximum Gasteiger partial charge on any atom is 0.185 e. The standard InChI is InChI=1S/C12H16BrN5S/c1-16-2-4-17(5-3-16)12-14-7-11(19-12)9-18-8-10(13)6-15-18/h6-8H,2-5,9H2,1H3. The Balaban J connectivity index is 1.66. The molecular weight excluding hydrogens is 326 g/mol. The van der Waals surface area contributed by atoms with Crippen LogP contribution in [0.4, 0.5) is 5.13 Å². The van der Waals surface area contributed by atoms with E-state index in [-0.39, 0.29) is 0 Å². The highest BCUT2D eigenvalue weighted by molar-refractivity contribution is 9.10. The van der Waals surface area contributed by atoms with Gasteiger partial charge in [0.1, 0.15) is 0 Å². The zero-order chi connectivity index (χ0) is 13.2. The van der Waals surface area contributed by atoms with Crippen molar-refractivity contribution < 1.29 is 0 Å². The summed E-state index contributed by atoms with van der Waals surface area (Å²) in [5, 5.41) is 5.40. The summed E-state index contributed by atoms with van der Waals surface area (Å²) < 4.78 is 2.93. The second kappa shape index (κ2) is 5.60. The van der Waals surface area contributed by atoms with Crippen LogP contribution < -0.4 is 4.90 Å². The minimum Gasteiger partial charge on any atom is -0.346 e. The van der Waals surface area contributed by atoms with E-state index in [2.05, 4.69) is 42.9 Å². The smallest absolute Gasteiger partial charge is 0.185 e. The fraction of sp³-hybridized carbons (Fsp3) is 0.500. The van der Waals surface area contributed by atoms with Crippen LogP contribution >= 0.6 is 27.3 Å². The lowest BCUT2D eigenvalue weighted by Crippen LogP contribution is -2.44. The first kappa shape index (κ1) is 13.1. The Morgan fingerprint density at radius 1 is 1.26 bits per heavy atom. The highest BCUT2D eigenvalue weighted by Crippen LogP contribution is 2.24. The molecule has 0 bridgehead atoms. The lowest BCUT2D eigenvalue weighted by atomic mass is 10.3. The van der Waals surface area contributed by atoms with Gasteiger partial charge in [-0.2, -0.15) is 5.10 Å². The summed E-state index contributed by atoms with van der Waals surface area (Å²) in [5.74, 6) is 0. The number of hydrogen-bond acceptors (Lipinski definition) is 5. The third kappa shape index (κ3) is 3.16. The van der Waals surface area contributed by atoms with Gasteiger partial charge in [0, 0.05) is 43.4 Å². The van der Waals surface area contributed by atoms with Gasteiger partial charge in [0.05, 0.1) is 17.2 Å². The molecule has 0 saturated carbocycles. The average molecular weight is 342 g/mol. The number of anilines is 1. The van der Waals surface area contributed by atoms with Crippen LogP contribution in [0.5, 0.6) is 0 Å². The van der Waals surface area contributed by atoms with Crippen molar-refractivity contribution in [2.75, 3.05) is 38.1 Å². The third-order valence-electron chi connectivity index (χ3n) is 3.23. The van der Waals surface area contributed by atoms with E-state index in [1.165, 1.54) is 4.88 Å². The zero-order valence-corrected chi connectivity index (χ0v) is 13.2. The minimum absolute atomic E-state index is 0.789. The van der Waals surface area contributed by atoms with Gasteiger partial charge in [0.2, 0.25) is 0 Å².